The second kappa shape index (κ2) is 7.06. The van der Waals surface area contributed by atoms with Crippen LogP contribution in [0.25, 0.3) is 0 Å². The molecular weight excluding hydrogens is 368 g/mol. The van der Waals surface area contributed by atoms with Crippen molar-refractivity contribution in [1.82, 2.24) is 20.2 Å². The van der Waals surface area contributed by atoms with Crippen molar-refractivity contribution in [2.24, 2.45) is 0 Å². The van der Waals surface area contributed by atoms with Crippen LogP contribution in [0.3, 0.4) is 0 Å². The van der Waals surface area contributed by atoms with Crippen molar-refractivity contribution in [3.05, 3.63) is 58.7 Å². The van der Waals surface area contributed by atoms with Crippen LogP contribution >= 0.6 is 0 Å². The van der Waals surface area contributed by atoms with Crippen molar-refractivity contribution in [3.8, 4) is 0 Å². The molecule has 0 saturated carbocycles. The summed E-state index contributed by atoms with van der Waals surface area (Å²) in [6.45, 7) is 11.8. The minimum absolute atomic E-state index is 0.181. The van der Waals surface area contributed by atoms with E-state index in [1.54, 1.807) is 39.1 Å². The van der Waals surface area contributed by atoms with E-state index in [0.717, 1.165) is 11.3 Å². The highest BCUT2D eigenvalue weighted by molar-refractivity contribution is 6.22. The first-order chi connectivity index (χ1) is 13.4. The molecule has 1 aliphatic heterocycles. The standard InChI is InChI=1S/C22H26N4O3/c1-21(2,3)17-14(10-23-12-25-17)11-24-18(27)13-7-8-15-16(9-13)20(29)26(19(15)28)22(4,5)6/h7-10,12H,11H2,1-6H3,(H,24,27). The van der Waals surface area contributed by atoms with Crippen molar-refractivity contribution in [3.63, 3.8) is 0 Å². The van der Waals surface area contributed by atoms with Gasteiger partial charge in [0.1, 0.15) is 6.33 Å². The fourth-order valence-electron chi connectivity index (χ4n) is 3.43. The number of nitrogens with zero attached hydrogens (tertiary/aromatic N) is 3. The minimum Gasteiger partial charge on any atom is -0.348 e. The molecule has 2 heterocycles. The Bertz CT molecular complexity index is 1000. The lowest BCUT2D eigenvalue weighted by Gasteiger charge is -2.29. The van der Waals surface area contributed by atoms with Crippen LogP contribution in [0.1, 0.15) is 83.9 Å². The summed E-state index contributed by atoms with van der Waals surface area (Å²) in [5.74, 6) is -1.04. The van der Waals surface area contributed by atoms with Gasteiger partial charge in [-0.25, -0.2) is 9.97 Å². The molecule has 0 spiro atoms. The maximum Gasteiger partial charge on any atom is 0.262 e. The van der Waals surface area contributed by atoms with Crippen molar-refractivity contribution in [1.29, 1.82) is 0 Å². The fourth-order valence-corrected chi connectivity index (χ4v) is 3.43. The zero-order chi connectivity index (χ0) is 21.6. The number of imide groups is 1. The predicted octanol–water partition coefficient (Wildman–Crippen LogP) is 3.10. The van der Waals surface area contributed by atoms with Gasteiger partial charge in [-0.2, -0.15) is 0 Å². The molecule has 7 nitrogen and oxygen atoms in total. The maximum atomic E-state index is 12.7. The molecule has 0 unspecified atom stereocenters. The van der Waals surface area contributed by atoms with Gasteiger partial charge in [0.15, 0.2) is 0 Å². The number of nitrogens with one attached hydrogen (secondary N) is 1. The van der Waals surface area contributed by atoms with Crippen molar-refractivity contribution < 1.29 is 14.4 Å². The number of hydrogen-bond acceptors (Lipinski definition) is 5. The maximum absolute atomic E-state index is 12.7. The average molecular weight is 394 g/mol. The molecule has 3 amide bonds. The molecule has 0 atom stereocenters. The van der Waals surface area contributed by atoms with E-state index in [2.05, 4.69) is 15.3 Å². The third-order valence-electron chi connectivity index (χ3n) is 4.76. The SMILES string of the molecule is CC(C)(C)c1ncncc1CNC(=O)c1ccc2c(c1)C(=O)N(C(C)(C)C)C2=O. The first kappa shape index (κ1) is 20.6. The third kappa shape index (κ3) is 3.90. The zero-order valence-corrected chi connectivity index (χ0v) is 17.7. The van der Waals surface area contributed by atoms with Gasteiger partial charge in [-0.05, 0) is 39.0 Å². The summed E-state index contributed by atoms with van der Waals surface area (Å²) in [5, 5.41) is 2.86. The largest absolute Gasteiger partial charge is 0.348 e. The number of benzene rings is 1. The van der Waals surface area contributed by atoms with Crippen LogP contribution in [-0.2, 0) is 12.0 Å². The van der Waals surface area contributed by atoms with Gasteiger partial charge < -0.3 is 5.32 Å². The molecule has 0 bridgehead atoms. The Morgan fingerprint density at radius 3 is 2.31 bits per heavy atom. The Kier molecular flexibility index (Phi) is 5.03. The monoisotopic (exact) mass is 394 g/mol. The van der Waals surface area contributed by atoms with Gasteiger partial charge in [0.05, 0.1) is 16.8 Å². The molecule has 1 aliphatic rings. The fraction of sp³-hybridized carbons (Fsp3) is 0.409. The van der Waals surface area contributed by atoms with Gasteiger partial charge in [-0.1, -0.05) is 20.8 Å². The smallest absolute Gasteiger partial charge is 0.262 e. The van der Waals surface area contributed by atoms with Gasteiger partial charge in [0, 0.05) is 34.8 Å². The Hall–Kier alpha value is -3.09. The highest BCUT2D eigenvalue weighted by Crippen LogP contribution is 2.30. The number of carbonyl (C=O) groups excluding carboxylic acids is 3. The normalized spacial score (nSPS) is 14.2. The Labute approximate surface area is 170 Å². The van der Waals surface area contributed by atoms with Crippen LogP contribution in [0.15, 0.2) is 30.7 Å². The van der Waals surface area contributed by atoms with Crippen molar-refractivity contribution in [2.75, 3.05) is 0 Å². The molecule has 0 saturated heterocycles. The van der Waals surface area contributed by atoms with Crippen molar-refractivity contribution in [2.45, 2.75) is 59.0 Å². The number of carbonyl (C=O) groups is 3. The van der Waals surface area contributed by atoms with E-state index < -0.39 is 5.54 Å². The van der Waals surface area contributed by atoms with E-state index in [1.807, 2.05) is 20.8 Å². The lowest BCUT2D eigenvalue weighted by Crippen LogP contribution is -2.45. The van der Waals surface area contributed by atoms with E-state index in [4.69, 9.17) is 0 Å². The summed E-state index contributed by atoms with van der Waals surface area (Å²) in [6, 6.07) is 4.60. The third-order valence-corrected chi connectivity index (χ3v) is 4.76. The molecule has 29 heavy (non-hydrogen) atoms. The Balaban J connectivity index is 1.81. The first-order valence-electron chi connectivity index (χ1n) is 9.52. The molecule has 0 aliphatic carbocycles. The second-order valence-corrected chi connectivity index (χ2v) is 9.21. The minimum atomic E-state index is -0.633. The van der Waals surface area contributed by atoms with E-state index >= 15 is 0 Å². The van der Waals surface area contributed by atoms with Crippen LogP contribution in [0.5, 0.6) is 0 Å². The van der Waals surface area contributed by atoms with E-state index in [0.29, 0.717) is 11.1 Å². The van der Waals surface area contributed by atoms with Crippen LogP contribution in [0.4, 0.5) is 0 Å². The zero-order valence-electron chi connectivity index (χ0n) is 17.7. The molecule has 2 aromatic rings. The summed E-state index contributed by atoms with van der Waals surface area (Å²) in [4.78, 5) is 47.6. The summed E-state index contributed by atoms with van der Waals surface area (Å²) < 4.78 is 0. The molecule has 7 heteroatoms. The highest BCUT2D eigenvalue weighted by Gasteiger charge is 2.42. The molecule has 0 radical (unpaired) electrons. The molecular formula is C22H26N4O3. The molecule has 0 fully saturated rings. The van der Waals surface area contributed by atoms with Crippen LogP contribution in [0, 0.1) is 0 Å². The molecule has 152 valence electrons. The summed E-state index contributed by atoms with van der Waals surface area (Å²) in [7, 11) is 0. The van der Waals surface area contributed by atoms with Gasteiger partial charge >= 0.3 is 0 Å². The summed E-state index contributed by atoms with van der Waals surface area (Å²) in [5.41, 5.74) is 1.80. The number of hydrogen-bond donors (Lipinski definition) is 1. The lowest BCUT2D eigenvalue weighted by molar-refractivity contribution is 0.0507. The quantitative estimate of drug-likeness (QED) is 0.808. The highest BCUT2D eigenvalue weighted by atomic mass is 16.2. The van der Waals surface area contributed by atoms with Crippen molar-refractivity contribution >= 4 is 17.7 Å². The Morgan fingerprint density at radius 1 is 1.03 bits per heavy atom. The summed E-state index contributed by atoms with van der Waals surface area (Å²) in [6.07, 6.45) is 3.19. The first-order valence-corrected chi connectivity index (χ1v) is 9.52. The van der Waals surface area contributed by atoms with E-state index in [-0.39, 0.29) is 35.2 Å². The van der Waals surface area contributed by atoms with Gasteiger partial charge in [0.25, 0.3) is 17.7 Å². The molecule has 1 N–H and O–H groups in total. The predicted molar refractivity (Wildman–Crippen MR) is 109 cm³/mol. The molecule has 3 rings (SSSR count). The topological polar surface area (TPSA) is 92.3 Å². The second-order valence-electron chi connectivity index (χ2n) is 9.21. The Morgan fingerprint density at radius 2 is 1.69 bits per heavy atom. The lowest BCUT2D eigenvalue weighted by atomic mass is 9.89. The summed E-state index contributed by atoms with van der Waals surface area (Å²) >= 11 is 0. The van der Waals surface area contributed by atoms with Gasteiger partial charge in [0.2, 0.25) is 0 Å². The van der Waals surface area contributed by atoms with Gasteiger partial charge in [-0.15, -0.1) is 0 Å². The number of amides is 3. The number of fused-ring (bicyclic) bond motifs is 1. The molecule has 1 aromatic carbocycles. The van der Waals surface area contributed by atoms with Crippen LogP contribution in [-0.4, -0.2) is 38.1 Å². The number of aromatic nitrogens is 2. The van der Waals surface area contributed by atoms with E-state index in [9.17, 15) is 14.4 Å². The number of rotatable bonds is 3. The van der Waals surface area contributed by atoms with Crippen LogP contribution in [0.2, 0.25) is 0 Å². The van der Waals surface area contributed by atoms with E-state index in [1.165, 1.54) is 17.3 Å². The van der Waals surface area contributed by atoms with Crippen LogP contribution < -0.4 is 5.32 Å². The van der Waals surface area contributed by atoms with Gasteiger partial charge in [-0.3, -0.25) is 19.3 Å². The average Bonchev–Trinajstić information content (AvgIpc) is 2.89. The molecule has 1 aromatic heterocycles.